The van der Waals surface area contributed by atoms with Gasteiger partial charge in [-0.15, -0.1) is 0 Å². The van der Waals surface area contributed by atoms with Crippen molar-refractivity contribution in [2.24, 2.45) is 13.0 Å². The topological polar surface area (TPSA) is 132 Å². The first-order valence-corrected chi connectivity index (χ1v) is 15.4. The van der Waals surface area contributed by atoms with Crippen LogP contribution in [0.4, 0.5) is 13.6 Å². The molecule has 1 aliphatic heterocycles. The van der Waals surface area contributed by atoms with E-state index in [1.807, 2.05) is 36.7 Å². The Morgan fingerprint density at radius 1 is 1.22 bits per heavy atom. The van der Waals surface area contributed by atoms with Gasteiger partial charge >= 0.3 is 6.09 Å². The number of amides is 2. The van der Waals surface area contributed by atoms with E-state index in [2.05, 4.69) is 20.9 Å². The standard InChI is InChI=1S/C32H34F2N8O4/c1-18(13-40-16-27(34)35-17-40)46-26-5-3-4-20-10-25(42(28(20)26)14-19-6-7-19)30-38-24-11-22-23(37-29(24)39(30)2)8-9-41(31(22)43)15-21(12-33)36-32(44)45/h3-5,10-11,16-19,21,36H,6-9,12-15H2,1-2H3,(H,44,45)/t18-,21+/m0/s1. The normalized spacial score (nSPS) is 16.2. The zero-order valence-electron chi connectivity index (χ0n) is 25.5. The van der Waals surface area contributed by atoms with Gasteiger partial charge in [0.1, 0.15) is 24.0 Å². The second-order valence-electron chi connectivity index (χ2n) is 12.2. The number of nitrogens with one attached hydrogen (secondary N) is 1. The van der Waals surface area contributed by atoms with Crippen LogP contribution in [0.15, 0.2) is 42.9 Å². The van der Waals surface area contributed by atoms with Crippen molar-refractivity contribution < 1.29 is 28.2 Å². The van der Waals surface area contributed by atoms with Crippen molar-refractivity contribution in [2.75, 3.05) is 19.8 Å². The van der Waals surface area contributed by atoms with Crippen LogP contribution >= 0.6 is 0 Å². The van der Waals surface area contributed by atoms with Crippen LogP contribution in [0.1, 0.15) is 35.8 Å². The summed E-state index contributed by atoms with van der Waals surface area (Å²) in [5, 5.41) is 12.1. The maximum absolute atomic E-state index is 13.5. The average Bonchev–Trinajstić information content (AvgIpc) is 3.51. The third-order valence-electron chi connectivity index (χ3n) is 8.66. The number of fused-ring (bicyclic) bond motifs is 3. The number of rotatable bonds is 11. The Hall–Kier alpha value is -5.01. The van der Waals surface area contributed by atoms with Crippen LogP contribution < -0.4 is 10.1 Å². The van der Waals surface area contributed by atoms with Gasteiger partial charge in [0.2, 0.25) is 5.95 Å². The van der Waals surface area contributed by atoms with Gasteiger partial charge in [-0.2, -0.15) is 4.39 Å². The quantitative estimate of drug-likeness (QED) is 0.221. The van der Waals surface area contributed by atoms with E-state index in [9.17, 15) is 18.4 Å². The number of carbonyl (C=O) groups excluding carboxylic acids is 1. The molecular formula is C32H34F2N8O4. The maximum Gasteiger partial charge on any atom is 0.405 e. The van der Waals surface area contributed by atoms with E-state index in [0.717, 1.165) is 41.7 Å². The van der Waals surface area contributed by atoms with E-state index in [1.54, 1.807) is 10.6 Å². The number of aryl methyl sites for hydroxylation is 1. The molecule has 0 spiro atoms. The number of pyridine rings is 1. The molecule has 4 aromatic heterocycles. The lowest BCUT2D eigenvalue weighted by Crippen LogP contribution is -2.48. The van der Waals surface area contributed by atoms with Crippen LogP contribution in [0, 0.1) is 11.9 Å². The Morgan fingerprint density at radius 3 is 2.76 bits per heavy atom. The number of hydrogen-bond donors (Lipinski definition) is 2. The highest BCUT2D eigenvalue weighted by molar-refractivity contribution is 5.99. The molecule has 5 heterocycles. The fraction of sp³-hybridized carbons (Fsp3) is 0.406. The molecule has 240 valence electrons. The molecule has 0 radical (unpaired) electrons. The largest absolute Gasteiger partial charge is 0.487 e. The molecule has 12 nitrogen and oxygen atoms in total. The molecule has 2 atom stereocenters. The Labute approximate surface area is 262 Å². The molecule has 0 unspecified atom stereocenters. The van der Waals surface area contributed by atoms with Gasteiger partial charge in [0, 0.05) is 38.5 Å². The average molecular weight is 633 g/mol. The lowest BCUT2D eigenvalue weighted by molar-refractivity contribution is 0.0712. The molecule has 1 saturated carbocycles. The van der Waals surface area contributed by atoms with Gasteiger partial charge in [-0.1, -0.05) is 12.1 Å². The minimum atomic E-state index is -1.34. The van der Waals surface area contributed by atoms with Crippen molar-refractivity contribution in [1.29, 1.82) is 0 Å². The first kappa shape index (κ1) is 29.7. The van der Waals surface area contributed by atoms with Crippen LogP contribution in [-0.4, -0.2) is 82.6 Å². The Kier molecular flexibility index (Phi) is 7.57. The molecule has 5 aromatic rings. The number of imidazole rings is 2. The van der Waals surface area contributed by atoms with Crippen LogP contribution in [-0.2, 0) is 26.6 Å². The monoisotopic (exact) mass is 632 g/mol. The number of benzene rings is 1. The highest BCUT2D eigenvalue weighted by Gasteiger charge is 2.31. The van der Waals surface area contributed by atoms with Crippen molar-refractivity contribution in [3.63, 3.8) is 0 Å². The summed E-state index contributed by atoms with van der Waals surface area (Å²) in [6.07, 6.45) is 3.94. The first-order chi connectivity index (χ1) is 22.2. The van der Waals surface area contributed by atoms with Crippen LogP contribution in [0.2, 0.25) is 0 Å². The summed E-state index contributed by atoms with van der Waals surface area (Å²) in [6.45, 7) is 2.48. The van der Waals surface area contributed by atoms with Crippen molar-refractivity contribution >= 4 is 34.1 Å². The molecular weight excluding hydrogens is 598 g/mol. The Balaban J connectivity index is 1.24. The van der Waals surface area contributed by atoms with E-state index >= 15 is 0 Å². The lowest BCUT2D eigenvalue weighted by atomic mass is 10.0. The number of halogens is 2. The van der Waals surface area contributed by atoms with Gasteiger partial charge in [0.05, 0.1) is 47.6 Å². The number of carboxylic acid groups (broad SMARTS) is 1. The van der Waals surface area contributed by atoms with Crippen LogP contribution in [0.3, 0.4) is 0 Å². The number of hydrogen-bond acceptors (Lipinski definition) is 6. The number of nitrogens with zero attached hydrogens (tertiary/aromatic N) is 7. The van der Waals surface area contributed by atoms with E-state index < -0.39 is 24.8 Å². The number of ether oxygens (including phenoxy) is 1. The van der Waals surface area contributed by atoms with E-state index in [-0.39, 0.29) is 18.6 Å². The first-order valence-electron chi connectivity index (χ1n) is 15.4. The van der Waals surface area contributed by atoms with Crippen LogP contribution in [0.5, 0.6) is 5.75 Å². The second kappa shape index (κ2) is 11.7. The molecule has 7 rings (SSSR count). The highest BCUT2D eigenvalue weighted by Crippen LogP contribution is 2.39. The fourth-order valence-electron chi connectivity index (χ4n) is 6.32. The number of alkyl halides is 1. The summed E-state index contributed by atoms with van der Waals surface area (Å²) in [7, 11) is 1.91. The molecule has 1 aliphatic carbocycles. The third kappa shape index (κ3) is 5.63. The Bertz CT molecular complexity index is 1960. The zero-order chi connectivity index (χ0) is 32.1. The molecule has 1 fully saturated rings. The minimum absolute atomic E-state index is 0.0733. The summed E-state index contributed by atoms with van der Waals surface area (Å²) in [6, 6.07) is 8.76. The Morgan fingerprint density at radius 2 is 2.04 bits per heavy atom. The predicted octanol–water partition coefficient (Wildman–Crippen LogP) is 4.41. The van der Waals surface area contributed by atoms with E-state index in [4.69, 9.17) is 19.8 Å². The predicted molar refractivity (Wildman–Crippen MR) is 165 cm³/mol. The van der Waals surface area contributed by atoms with Crippen molar-refractivity contribution in [2.45, 2.75) is 51.4 Å². The van der Waals surface area contributed by atoms with Gasteiger partial charge in [-0.05, 0) is 43.9 Å². The summed E-state index contributed by atoms with van der Waals surface area (Å²) in [5.74, 6) is 1.10. The van der Waals surface area contributed by atoms with Gasteiger partial charge < -0.3 is 33.8 Å². The molecule has 1 aromatic carbocycles. The number of para-hydroxylation sites is 1. The molecule has 0 bridgehead atoms. The minimum Gasteiger partial charge on any atom is -0.487 e. The van der Waals surface area contributed by atoms with Crippen LogP contribution in [0.25, 0.3) is 33.6 Å². The SMILES string of the molecule is C[C@@H](Cn1cnc(F)c1)Oc1cccc2cc(-c3nc4cc5c(nc4n3C)CCN(C[C@@H](CF)NC(=O)O)C5=O)n(CC3CC3)c12. The van der Waals surface area contributed by atoms with Crippen molar-refractivity contribution in [1.82, 2.24) is 38.9 Å². The van der Waals surface area contributed by atoms with Gasteiger partial charge in [0.15, 0.2) is 11.5 Å². The van der Waals surface area contributed by atoms with E-state index in [0.29, 0.717) is 53.7 Å². The van der Waals surface area contributed by atoms with Gasteiger partial charge in [-0.25, -0.2) is 24.1 Å². The molecule has 0 saturated heterocycles. The molecule has 2 amide bonds. The van der Waals surface area contributed by atoms with Crippen molar-refractivity contribution in [3.05, 3.63) is 60.1 Å². The molecule has 46 heavy (non-hydrogen) atoms. The number of carbonyl (C=O) groups is 2. The lowest BCUT2D eigenvalue weighted by Gasteiger charge is -2.30. The van der Waals surface area contributed by atoms with Gasteiger partial charge in [0.25, 0.3) is 5.91 Å². The fourth-order valence-corrected chi connectivity index (χ4v) is 6.32. The number of aromatic nitrogens is 6. The zero-order valence-corrected chi connectivity index (χ0v) is 25.5. The summed E-state index contributed by atoms with van der Waals surface area (Å²) in [4.78, 5) is 39.4. The molecule has 2 aliphatic rings. The molecule has 2 N–H and O–H groups in total. The second-order valence-corrected chi connectivity index (χ2v) is 12.2. The third-order valence-corrected chi connectivity index (χ3v) is 8.66. The van der Waals surface area contributed by atoms with E-state index in [1.165, 1.54) is 17.4 Å². The summed E-state index contributed by atoms with van der Waals surface area (Å²) in [5.41, 5.74) is 4.07. The van der Waals surface area contributed by atoms with Crippen molar-refractivity contribution in [3.8, 4) is 17.3 Å². The highest BCUT2D eigenvalue weighted by atomic mass is 19.1. The maximum atomic E-state index is 13.5. The summed E-state index contributed by atoms with van der Waals surface area (Å²) >= 11 is 0. The summed E-state index contributed by atoms with van der Waals surface area (Å²) < 4.78 is 39.2. The molecule has 14 heteroatoms. The smallest absolute Gasteiger partial charge is 0.405 e. The van der Waals surface area contributed by atoms with Gasteiger partial charge in [-0.3, -0.25) is 4.79 Å².